The van der Waals surface area contributed by atoms with Crippen molar-refractivity contribution in [3.8, 4) is 0 Å². The van der Waals surface area contributed by atoms with Gasteiger partial charge < -0.3 is 0 Å². The van der Waals surface area contributed by atoms with E-state index >= 15 is 0 Å². The third kappa shape index (κ3) is 3.23. The molecule has 20 heavy (non-hydrogen) atoms. The molecule has 1 aromatic heterocycles. The molecule has 1 unspecified atom stereocenters. The van der Waals surface area contributed by atoms with Crippen LogP contribution in [0.5, 0.6) is 0 Å². The van der Waals surface area contributed by atoms with Gasteiger partial charge in [0.2, 0.25) is 0 Å². The zero-order chi connectivity index (χ0) is 13.8. The van der Waals surface area contributed by atoms with Gasteiger partial charge in [0, 0.05) is 18.7 Å². The molecule has 1 atom stereocenters. The molecule has 0 aliphatic heterocycles. The fraction of sp³-hybridized carbons (Fsp3) is 0.812. The van der Waals surface area contributed by atoms with Crippen molar-refractivity contribution in [1.82, 2.24) is 15.2 Å². The maximum atomic E-state index is 5.77. The van der Waals surface area contributed by atoms with E-state index in [1.165, 1.54) is 63.5 Å². The molecular formula is C16H28N4. The summed E-state index contributed by atoms with van der Waals surface area (Å²) in [6, 6.07) is 3.22. The second kappa shape index (κ2) is 6.72. The van der Waals surface area contributed by atoms with Gasteiger partial charge in [-0.1, -0.05) is 32.1 Å². The lowest BCUT2D eigenvalue weighted by Crippen LogP contribution is -2.41. The van der Waals surface area contributed by atoms with Crippen LogP contribution in [-0.2, 0) is 6.42 Å². The number of rotatable bonds is 5. The molecule has 1 aromatic rings. The topological polar surface area (TPSA) is 55.9 Å². The Morgan fingerprint density at radius 3 is 2.55 bits per heavy atom. The molecule has 0 spiro atoms. The van der Waals surface area contributed by atoms with Gasteiger partial charge in [-0.3, -0.25) is 16.0 Å². The van der Waals surface area contributed by atoms with Crippen LogP contribution in [0.25, 0.3) is 0 Å². The van der Waals surface area contributed by atoms with E-state index in [-0.39, 0.29) is 0 Å². The minimum atomic E-state index is 0.396. The van der Waals surface area contributed by atoms with Crippen molar-refractivity contribution in [3.63, 3.8) is 0 Å². The molecule has 2 aliphatic carbocycles. The van der Waals surface area contributed by atoms with Crippen molar-refractivity contribution in [1.29, 1.82) is 0 Å². The van der Waals surface area contributed by atoms with E-state index in [0.717, 1.165) is 12.3 Å². The summed E-state index contributed by atoms with van der Waals surface area (Å²) in [5.41, 5.74) is 4.23. The standard InChI is InChI=1S/C16H28N4/c17-18-16(13-6-4-5-7-13)12-14-10-11-20(19-14)15-8-2-1-3-9-15/h10-11,13,15-16,18H,1-9,12,17H2. The van der Waals surface area contributed by atoms with Crippen molar-refractivity contribution >= 4 is 0 Å². The van der Waals surface area contributed by atoms with Crippen LogP contribution < -0.4 is 11.3 Å². The maximum absolute atomic E-state index is 5.77. The molecule has 112 valence electrons. The van der Waals surface area contributed by atoms with E-state index in [2.05, 4.69) is 22.4 Å². The summed E-state index contributed by atoms with van der Waals surface area (Å²) in [5, 5.41) is 4.81. The molecule has 2 saturated carbocycles. The predicted molar refractivity (Wildman–Crippen MR) is 81.1 cm³/mol. The van der Waals surface area contributed by atoms with E-state index in [9.17, 15) is 0 Å². The van der Waals surface area contributed by atoms with E-state index in [1.54, 1.807) is 0 Å². The van der Waals surface area contributed by atoms with E-state index in [1.807, 2.05) is 0 Å². The van der Waals surface area contributed by atoms with Crippen LogP contribution in [0.2, 0.25) is 0 Å². The minimum absolute atomic E-state index is 0.396. The normalized spacial score (nSPS) is 23.2. The monoisotopic (exact) mass is 276 g/mol. The first kappa shape index (κ1) is 14.1. The smallest absolute Gasteiger partial charge is 0.0640 e. The lowest BCUT2D eigenvalue weighted by molar-refractivity contribution is 0.323. The number of hydrogen-bond acceptors (Lipinski definition) is 3. The zero-order valence-electron chi connectivity index (χ0n) is 12.4. The Morgan fingerprint density at radius 1 is 1.15 bits per heavy atom. The van der Waals surface area contributed by atoms with Crippen molar-refractivity contribution < 1.29 is 0 Å². The minimum Gasteiger partial charge on any atom is -0.271 e. The van der Waals surface area contributed by atoms with Gasteiger partial charge in [0.15, 0.2) is 0 Å². The largest absolute Gasteiger partial charge is 0.271 e. The van der Waals surface area contributed by atoms with Crippen LogP contribution in [-0.4, -0.2) is 15.8 Å². The Hall–Kier alpha value is -0.870. The van der Waals surface area contributed by atoms with Gasteiger partial charge in [-0.25, -0.2) is 0 Å². The zero-order valence-corrected chi connectivity index (χ0v) is 12.4. The van der Waals surface area contributed by atoms with Gasteiger partial charge in [-0.15, -0.1) is 0 Å². The van der Waals surface area contributed by atoms with Gasteiger partial charge in [0.05, 0.1) is 11.7 Å². The highest BCUT2D eigenvalue weighted by atomic mass is 15.3. The number of hydrazine groups is 1. The molecule has 0 bridgehead atoms. The van der Waals surface area contributed by atoms with Crippen LogP contribution >= 0.6 is 0 Å². The number of hydrogen-bond donors (Lipinski definition) is 2. The van der Waals surface area contributed by atoms with Crippen LogP contribution in [0, 0.1) is 5.92 Å². The summed E-state index contributed by atoms with van der Waals surface area (Å²) in [6.07, 6.45) is 15.2. The van der Waals surface area contributed by atoms with Crippen LogP contribution in [0.1, 0.15) is 69.5 Å². The Balaban J connectivity index is 1.60. The summed E-state index contributed by atoms with van der Waals surface area (Å²) < 4.78 is 2.21. The first-order chi connectivity index (χ1) is 9.86. The Labute approximate surface area is 122 Å². The fourth-order valence-corrected chi connectivity index (χ4v) is 3.98. The lowest BCUT2D eigenvalue weighted by Gasteiger charge is -2.23. The van der Waals surface area contributed by atoms with E-state index in [4.69, 9.17) is 10.9 Å². The van der Waals surface area contributed by atoms with Crippen molar-refractivity contribution in [3.05, 3.63) is 18.0 Å². The van der Waals surface area contributed by atoms with Gasteiger partial charge in [0.25, 0.3) is 0 Å². The second-order valence-electron chi connectivity index (χ2n) is 6.60. The van der Waals surface area contributed by atoms with E-state index < -0.39 is 0 Å². The highest BCUT2D eigenvalue weighted by molar-refractivity contribution is 5.03. The molecule has 0 aromatic carbocycles. The number of aromatic nitrogens is 2. The van der Waals surface area contributed by atoms with Crippen LogP contribution in [0.15, 0.2) is 12.3 Å². The van der Waals surface area contributed by atoms with E-state index in [0.29, 0.717) is 12.1 Å². The summed E-state index contributed by atoms with van der Waals surface area (Å²) in [6.45, 7) is 0. The second-order valence-corrected chi connectivity index (χ2v) is 6.60. The molecule has 3 rings (SSSR count). The maximum Gasteiger partial charge on any atom is 0.0640 e. The molecule has 0 saturated heterocycles. The molecule has 1 heterocycles. The molecule has 0 radical (unpaired) electrons. The fourth-order valence-electron chi connectivity index (χ4n) is 3.98. The van der Waals surface area contributed by atoms with Crippen molar-refractivity contribution in [2.45, 2.75) is 76.3 Å². The molecule has 0 amide bonds. The molecule has 2 aliphatic rings. The number of nitrogens with two attached hydrogens (primary N) is 1. The Bertz CT molecular complexity index is 402. The molecule has 4 heteroatoms. The third-order valence-electron chi connectivity index (χ3n) is 5.22. The van der Waals surface area contributed by atoms with Gasteiger partial charge in [0.1, 0.15) is 0 Å². The molecule has 3 N–H and O–H groups in total. The lowest BCUT2D eigenvalue weighted by atomic mass is 9.95. The van der Waals surface area contributed by atoms with Gasteiger partial charge >= 0.3 is 0 Å². The average Bonchev–Trinajstić information content (AvgIpc) is 3.17. The summed E-state index contributed by atoms with van der Waals surface area (Å²) >= 11 is 0. The summed E-state index contributed by atoms with van der Waals surface area (Å²) in [7, 11) is 0. The SMILES string of the molecule is NNC(Cc1ccn(C2CCCCC2)n1)C1CCCC1. The average molecular weight is 276 g/mol. The predicted octanol–water partition coefficient (Wildman–Crippen LogP) is 2.95. The van der Waals surface area contributed by atoms with Crippen molar-refractivity contribution in [2.24, 2.45) is 11.8 Å². The highest BCUT2D eigenvalue weighted by Crippen LogP contribution is 2.30. The first-order valence-corrected chi connectivity index (χ1v) is 8.37. The highest BCUT2D eigenvalue weighted by Gasteiger charge is 2.25. The summed E-state index contributed by atoms with van der Waals surface area (Å²) in [5.74, 6) is 6.50. The third-order valence-corrected chi connectivity index (χ3v) is 5.22. The Kier molecular flexibility index (Phi) is 4.73. The molecular weight excluding hydrogens is 248 g/mol. The van der Waals surface area contributed by atoms with Gasteiger partial charge in [-0.05, 0) is 37.7 Å². The van der Waals surface area contributed by atoms with Crippen molar-refractivity contribution in [2.75, 3.05) is 0 Å². The van der Waals surface area contributed by atoms with Crippen LogP contribution in [0.3, 0.4) is 0 Å². The first-order valence-electron chi connectivity index (χ1n) is 8.37. The molecule has 4 nitrogen and oxygen atoms in total. The summed E-state index contributed by atoms with van der Waals surface area (Å²) in [4.78, 5) is 0. The Morgan fingerprint density at radius 2 is 1.85 bits per heavy atom. The molecule has 2 fully saturated rings. The number of nitrogens with one attached hydrogen (secondary N) is 1. The van der Waals surface area contributed by atoms with Gasteiger partial charge in [-0.2, -0.15) is 5.10 Å². The number of nitrogens with zero attached hydrogens (tertiary/aromatic N) is 2. The quantitative estimate of drug-likeness (QED) is 0.642. The van der Waals surface area contributed by atoms with Crippen LogP contribution in [0.4, 0.5) is 0 Å².